The van der Waals surface area contributed by atoms with Crippen LogP contribution in [0.25, 0.3) is 0 Å². The number of nitriles is 1. The second-order valence-corrected chi connectivity index (χ2v) is 8.17. The molecule has 1 fully saturated rings. The molecule has 1 saturated heterocycles. The molecular formula is C19H28N4S. The molecular weight excluding hydrogens is 316 g/mol. The molecule has 0 amide bonds. The first-order valence-electron chi connectivity index (χ1n) is 9.19. The van der Waals surface area contributed by atoms with E-state index in [0.717, 1.165) is 48.8 Å². The number of fused-ring (bicyclic) bond motifs is 1. The van der Waals surface area contributed by atoms with E-state index in [2.05, 4.69) is 30.0 Å². The highest BCUT2D eigenvalue weighted by Crippen LogP contribution is 2.36. The summed E-state index contributed by atoms with van der Waals surface area (Å²) in [4.78, 5) is 9.69. The summed E-state index contributed by atoms with van der Waals surface area (Å²) < 4.78 is 0. The number of thioether (sulfide) groups is 1. The fourth-order valence-corrected chi connectivity index (χ4v) is 4.80. The van der Waals surface area contributed by atoms with E-state index < -0.39 is 0 Å². The quantitative estimate of drug-likeness (QED) is 0.765. The van der Waals surface area contributed by atoms with Gasteiger partial charge in [-0.15, -0.1) is 11.8 Å². The number of hydrogen-bond acceptors (Lipinski definition) is 5. The second kappa shape index (κ2) is 8.22. The number of anilines is 1. The zero-order valence-electron chi connectivity index (χ0n) is 15.0. The van der Waals surface area contributed by atoms with E-state index in [1.165, 1.54) is 49.0 Å². The van der Waals surface area contributed by atoms with Crippen molar-refractivity contribution in [1.82, 2.24) is 9.88 Å². The Morgan fingerprint density at radius 2 is 1.79 bits per heavy atom. The first kappa shape index (κ1) is 17.6. The molecule has 0 atom stereocenters. The van der Waals surface area contributed by atoms with Crippen LogP contribution in [0.2, 0.25) is 0 Å². The van der Waals surface area contributed by atoms with Gasteiger partial charge in [-0.3, -0.25) is 0 Å². The fourth-order valence-electron chi connectivity index (χ4n) is 3.69. The number of aromatic nitrogens is 1. The average molecular weight is 345 g/mol. The lowest BCUT2D eigenvalue weighted by Gasteiger charge is -2.32. The van der Waals surface area contributed by atoms with Gasteiger partial charge in [0.05, 0.1) is 5.56 Å². The Morgan fingerprint density at radius 3 is 2.46 bits per heavy atom. The SMILES string of the molecule is CN(C)CCSc1nc(N2CCCCC2)c2c(c1C#N)CCCC2. The first-order chi connectivity index (χ1) is 11.7. The molecule has 1 aromatic heterocycles. The third-order valence-corrected chi connectivity index (χ3v) is 5.96. The molecule has 2 heterocycles. The normalized spacial score (nSPS) is 17.7. The van der Waals surface area contributed by atoms with Gasteiger partial charge < -0.3 is 9.80 Å². The summed E-state index contributed by atoms with van der Waals surface area (Å²) in [6.07, 6.45) is 8.42. The molecule has 2 aliphatic rings. The number of hydrogen-bond donors (Lipinski definition) is 0. The number of rotatable bonds is 5. The maximum atomic E-state index is 9.76. The minimum Gasteiger partial charge on any atom is -0.356 e. The van der Waals surface area contributed by atoms with Crippen LogP contribution in [0.1, 0.15) is 48.8 Å². The smallest absolute Gasteiger partial charge is 0.133 e. The van der Waals surface area contributed by atoms with E-state index in [-0.39, 0.29) is 0 Å². The van der Waals surface area contributed by atoms with Crippen molar-refractivity contribution in [1.29, 1.82) is 5.26 Å². The maximum absolute atomic E-state index is 9.76. The van der Waals surface area contributed by atoms with E-state index >= 15 is 0 Å². The monoisotopic (exact) mass is 344 g/mol. The molecule has 0 spiro atoms. The highest BCUT2D eigenvalue weighted by molar-refractivity contribution is 7.99. The highest BCUT2D eigenvalue weighted by Gasteiger charge is 2.25. The molecule has 130 valence electrons. The zero-order chi connectivity index (χ0) is 16.9. The Hall–Kier alpha value is -1.25. The summed E-state index contributed by atoms with van der Waals surface area (Å²) in [6.45, 7) is 3.24. The first-order valence-corrected chi connectivity index (χ1v) is 10.2. The van der Waals surface area contributed by atoms with Gasteiger partial charge in [-0.2, -0.15) is 5.26 Å². The predicted molar refractivity (Wildman–Crippen MR) is 101 cm³/mol. The van der Waals surface area contributed by atoms with Crippen molar-refractivity contribution in [3.63, 3.8) is 0 Å². The molecule has 1 aliphatic heterocycles. The van der Waals surface area contributed by atoms with Crippen molar-refractivity contribution < 1.29 is 0 Å². The van der Waals surface area contributed by atoms with Crippen LogP contribution in [0.3, 0.4) is 0 Å². The number of piperidine rings is 1. The molecule has 5 heteroatoms. The van der Waals surface area contributed by atoms with Crippen molar-refractivity contribution in [3.8, 4) is 6.07 Å². The molecule has 0 radical (unpaired) electrons. The van der Waals surface area contributed by atoms with Crippen LogP contribution in [0.5, 0.6) is 0 Å². The standard InChI is InChI=1S/C19H28N4S/c1-22(2)12-13-24-19-17(14-20)15-8-4-5-9-16(15)18(21-19)23-10-6-3-7-11-23/h3-13H2,1-2H3. The van der Waals surface area contributed by atoms with Crippen molar-refractivity contribution in [2.24, 2.45) is 0 Å². The van der Waals surface area contributed by atoms with Gasteiger partial charge in [0.2, 0.25) is 0 Å². The number of nitrogens with zero attached hydrogens (tertiary/aromatic N) is 4. The van der Waals surface area contributed by atoms with Crippen LogP contribution in [-0.2, 0) is 12.8 Å². The van der Waals surface area contributed by atoms with Gasteiger partial charge in [0.25, 0.3) is 0 Å². The molecule has 0 saturated carbocycles. The third kappa shape index (κ3) is 3.87. The summed E-state index contributed by atoms with van der Waals surface area (Å²) in [5.74, 6) is 2.17. The summed E-state index contributed by atoms with van der Waals surface area (Å²) in [5.41, 5.74) is 3.53. The summed E-state index contributed by atoms with van der Waals surface area (Å²) in [6, 6.07) is 2.48. The molecule has 0 bridgehead atoms. The third-order valence-electron chi connectivity index (χ3n) is 5.01. The summed E-state index contributed by atoms with van der Waals surface area (Å²) in [7, 11) is 4.18. The second-order valence-electron chi connectivity index (χ2n) is 7.09. The zero-order valence-corrected chi connectivity index (χ0v) is 15.8. The van der Waals surface area contributed by atoms with E-state index in [4.69, 9.17) is 4.98 Å². The van der Waals surface area contributed by atoms with E-state index in [1.807, 2.05) is 0 Å². The predicted octanol–water partition coefficient (Wildman–Crippen LogP) is 3.48. The van der Waals surface area contributed by atoms with Crippen LogP contribution in [0, 0.1) is 11.3 Å². The van der Waals surface area contributed by atoms with E-state index in [1.54, 1.807) is 11.8 Å². The molecule has 24 heavy (non-hydrogen) atoms. The molecule has 0 unspecified atom stereocenters. The van der Waals surface area contributed by atoms with Crippen LogP contribution in [0.15, 0.2) is 5.03 Å². The minimum absolute atomic E-state index is 0.856. The molecule has 0 N–H and O–H groups in total. The summed E-state index contributed by atoms with van der Waals surface area (Å²) >= 11 is 1.75. The summed E-state index contributed by atoms with van der Waals surface area (Å²) in [5, 5.41) is 10.7. The van der Waals surface area contributed by atoms with Gasteiger partial charge in [-0.1, -0.05) is 0 Å². The van der Waals surface area contributed by atoms with Crippen LogP contribution >= 0.6 is 11.8 Å². The van der Waals surface area contributed by atoms with Crippen molar-refractivity contribution in [2.45, 2.75) is 50.0 Å². The van der Waals surface area contributed by atoms with Gasteiger partial charge in [0.1, 0.15) is 16.9 Å². The Kier molecular flexibility index (Phi) is 6.02. The van der Waals surface area contributed by atoms with Gasteiger partial charge >= 0.3 is 0 Å². The van der Waals surface area contributed by atoms with Crippen molar-refractivity contribution in [3.05, 3.63) is 16.7 Å². The van der Waals surface area contributed by atoms with Crippen molar-refractivity contribution >= 4 is 17.6 Å². The largest absolute Gasteiger partial charge is 0.356 e. The molecule has 4 nitrogen and oxygen atoms in total. The average Bonchev–Trinajstić information content (AvgIpc) is 2.61. The molecule has 3 rings (SSSR count). The Morgan fingerprint density at radius 1 is 1.08 bits per heavy atom. The van der Waals surface area contributed by atoms with Crippen LogP contribution in [0.4, 0.5) is 5.82 Å². The van der Waals surface area contributed by atoms with Crippen LogP contribution in [-0.4, -0.2) is 49.4 Å². The highest BCUT2D eigenvalue weighted by atomic mass is 32.2. The lowest BCUT2D eigenvalue weighted by molar-refractivity contribution is 0.437. The molecule has 1 aliphatic carbocycles. The Labute approximate surface area is 150 Å². The van der Waals surface area contributed by atoms with E-state index in [0.29, 0.717) is 0 Å². The lowest BCUT2D eigenvalue weighted by atomic mass is 9.89. The van der Waals surface area contributed by atoms with Gasteiger partial charge in [-0.05, 0) is 70.2 Å². The van der Waals surface area contributed by atoms with E-state index in [9.17, 15) is 5.26 Å². The Balaban J connectivity index is 1.96. The van der Waals surface area contributed by atoms with Crippen molar-refractivity contribution in [2.75, 3.05) is 44.4 Å². The van der Waals surface area contributed by atoms with Gasteiger partial charge in [0, 0.05) is 25.4 Å². The van der Waals surface area contributed by atoms with Crippen LogP contribution < -0.4 is 4.90 Å². The molecule has 1 aromatic rings. The van der Waals surface area contributed by atoms with Gasteiger partial charge in [-0.25, -0.2) is 4.98 Å². The minimum atomic E-state index is 0.856. The number of pyridine rings is 1. The topological polar surface area (TPSA) is 43.2 Å². The molecule has 0 aromatic carbocycles. The Bertz CT molecular complexity index is 615. The van der Waals surface area contributed by atoms with Gasteiger partial charge in [0.15, 0.2) is 0 Å². The maximum Gasteiger partial charge on any atom is 0.133 e. The lowest BCUT2D eigenvalue weighted by Crippen LogP contribution is -2.32. The fraction of sp³-hybridized carbons (Fsp3) is 0.684.